The second-order valence-electron chi connectivity index (χ2n) is 5.12. The molecule has 106 valence electrons. The van der Waals surface area contributed by atoms with E-state index in [0.29, 0.717) is 5.52 Å². The number of fused-ring (bicyclic) bond motifs is 1. The highest BCUT2D eigenvalue weighted by molar-refractivity contribution is 5.93. The maximum Gasteiger partial charge on any atom is 0.151 e. The van der Waals surface area contributed by atoms with Crippen molar-refractivity contribution in [3.63, 3.8) is 0 Å². The zero-order valence-electron chi connectivity index (χ0n) is 11.8. The summed E-state index contributed by atoms with van der Waals surface area (Å²) in [5.74, 6) is 0.262. The number of hydrogen-bond acceptors (Lipinski definition) is 2. The first kappa shape index (κ1) is 12.7. The lowest BCUT2D eigenvalue weighted by molar-refractivity contribution is 0.483. The molecular weight excluding hydrogens is 272 g/mol. The van der Waals surface area contributed by atoms with Crippen molar-refractivity contribution in [2.24, 2.45) is 0 Å². The third-order valence-corrected chi connectivity index (χ3v) is 3.79. The summed E-state index contributed by atoms with van der Waals surface area (Å²) in [5, 5.41) is 15.1. The summed E-state index contributed by atoms with van der Waals surface area (Å²) in [6, 6.07) is 23.6. The minimum atomic E-state index is 0.262. The lowest BCUT2D eigenvalue weighted by atomic mass is 10.0. The third-order valence-electron chi connectivity index (χ3n) is 3.79. The Morgan fingerprint density at radius 3 is 2.05 bits per heavy atom. The smallest absolute Gasteiger partial charge is 0.151 e. The minimum absolute atomic E-state index is 0.262. The molecule has 0 amide bonds. The monoisotopic (exact) mass is 286 g/mol. The molecule has 0 fully saturated rings. The van der Waals surface area contributed by atoms with Crippen LogP contribution in [0.15, 0.2) is 79.0 Å². The molecule has 0 bridgehead atoms. The van der Waals surface area contributed by atoms with E-state index in [4.69, 9.17) is 0 Å². The van der Waals surface area contributed by atoms with Crippen LogP contribution in [0.25, 0.3) is 27.9 Å². The summed E-state index contributed by atoms with van der Waals surface area (Å²) < 4.78 is 1.80. The highest BCUT2D eigenvalue weighted by Gasteiger charge is 2.20. The molecule has 1 N–H and O–H groups in total. The highest BCUT2D eigenvalue weighted by atomic mass is 16.3. The number of benzene rings is 2. The second kappa shape index (κ2) is 5.04. The molecule has 22 heavy (non-hydrogen) atoms. The van der Waals surface area contributed by atoms with Crippen molar-refractivity contribution in [2.75, 3.05) is 0 Å². The first-order valence-electron chi connectivity index (χ1n) is 7.16. The lowest BCUT2D eigenvalue weighted by Gasteiger charge is -2.06. The van der Waals surface area contributed by atoms with E-state index >= 15 is 0 Å². The van der Waals surface area contributed by atoms with Crippen molar-refractivity contribution in [1.82, 2.24) is 9.61 Å². The normalized spacial score (nSPS) is 10.9. The molecule has 0 aliphatic rings. The molecule has 3 heteroatoms. The fourth-order valence-electron chi connectivity index (χ4n) is 2.82. The Morgan fingerprint density at radius 1 is 0.727 bits per heavy atom. The Bertz CT molecular complexity index is 928. The SMILES string of the molecule is Oc1c(-c2ccccc2)c(-c2ccccc2)n2ncccc12. The van der Waals surface area contributed by atoms with E-state index < -0.39 is 0 Å². The molecule has 0 radical (unpaired) electrons. The molecule has 2 aromatic carbocycles. The molecule has 4 aromatic rings. The Kier molecular flexibility index (Phi) is 2.90. The van der Waals surface area contributed by atoms with Gasteiger partial charge in [-0.3, -0.25) is 0 Å². The number of aromatic nitrogens is 2. The van der Waals surface area contributed by atoms with E-state index in [9.17, 15) is 5.11 Å². The maximum atomic E-state index is 10.7. The highest BCUT2D eigenvalue weighted by Crippen LogP contribution is 2.42. The van der Waals surface area contributed by atoms with Gasteiger partial charge < -0.3 is 5.11 Å². The molecule has 0 aliphatic carbocycles. The van der Waals surface area contributed by atoms with Crippen LogP contribution in [0.4, 0.5) is 0 Å². The van der Waals surface area contributed by atoms with Gasteiger partial charge in [-0.1, -0.05) is 60.7 Å². The van der Waals surface area contributed by atoms with Crippen LogP contribution < -0.4 is 0 Å². The van der Waals surface area contributed by atoms with Crippen LogP contribution in [0.5, 0.6) is 5.75 Å². The van der Waals surface area contributed by atoms with E-state index in [0.717, 1.165) is 22.4 Å². The predicted molar refractivity (Wildman–Crippen MR) is 87.7 cm³/mol. The van der Waals surface area contributed by atoms with Gasteiger partial charge >= 0.3 is 0 Å². The van der Waals surface area contributed by atoms with E-state index in [-0.39, 0.29) is 5.75 Å². The fourth-order valence-corrected chi connectivity index (χ4v) is 2.82. The van der Waals surface area contributed by atoms with Gasteiger partial charge in [0, 0.05) is 11.8 Å². The van der Waals surface area contributed by atoms with Gasteiger partial charge in [-0.25, -0.2) is 4.52 Å². The van der Waals surface area contributed by atoms with Crippen LogP contribution in [0.2, 0.25) is 0 Å². The summed E-state index contributed by atoms with van der Waals surface area (Å²) in [4.78, 5) is 0. The minimum Gasteiger partial charge on any atom is -0.505 e. The molecular formula is C19H14N2O. The van der Waals surface area contributed by atoms with Gasteiger partial charge in [0.05, 0.1) is 11.3 Å². The molecule has 4 rings (SSSR count). The van der Waals surface area contributed by atoms with Gasteiger partial charge in [-0.05, 0) is 17.7 Å². The molecule has 0 atom stereocenters. The Balaban J connectivity index is 2.14. The predicted octanol–water partition coefficient (Wildman–Crippen LogP) is 4.37. The lowest BCUT2D eigenvalue weighted by Crippen LogP contribution is -1.93. The standard InChI is InChI=1S/C19H14N2O/c22-19-16-12-7-13-20-21(16)18(15-10-5-2-6-11-15)17(19)14-8-3-1-4-9-14/h1-13,22H. The average Bonchev–Trinajstić information content (AvgIpc) is 2.90. The van der Waals surface area contributed by atoms with Crippen molar-refractivity contribution in [1.29, 1.82) is 0 Å². The van der Waals surface area contributed by atoms with Crippen LogP contribution in [0.3, 0.4) is 0 Å². The Labute approximate surface area is 128 Å². The largest absolute Gasteiger partial charge is 0.505 e. The van der Waals surface area contributed by atoms with Crippen molar-refractivity contribution in [2.45, 2.75) is 0 Å². The zero-order chi connectivity index (χ0) is 14.9. The van der Waals surface area contributed by atoms with Crippen LogP contribution in [0, 0.1) is 0 Å². The van der Waals surface area contributed by atoms with Crippen molar-refractivity contribution < 1.29 is 5.11 Å². The fraction of sp³-hybridized carbons (Fsp3) is 0. The van der Waals surface area contributed by atoms with Gasteiger partial charge in [-0.15, -0.1) is 0 Å². The van der Waals surface area contributed by atoms with Gasteiger partial charge in [0.2, 0.25) is 0 Å². The summed E-state index contributed by atoms with van der Waals surface area (Å²) in [7, 11) is 0. The summed E-state index contributed by atoms with van der Waals surface area (Å²) >= 11 is 0. The third kappa shape index (κ3) is 1.87. The van der Waals surface area contributed by atoms with Gasteiger partial charge in [0.1, 0.15) is 5.52 Å². The molecule has 0 spiro atoms. The number of aromatic hydroxyl groups is 1. The molecule has 0 aliphatic heterocycles. The topological polar surface area (TPSA) is 37.5 Å². The first-order chi connectivity index (χ1) is 10.9. The maximum absolute atomic E-state index is 10.7. The van der Waals surface area contributed by atoms with E-state index in [2.05, 4.69) is 5.10 Å². The first-order valence-corrected chi connectivity index (χ1v) is 7.16. The summed E-state index contributed by atoms with van der Waals surface area (Å²) in [6.07, 6.45) is 1.73. The molecule has 0 unspecified atom stereocenters. The average molecular weight is 286 g/mol. The number of hydrogen-bond donors (Lipinski definition) is 1. The number of rotatable bonds is 2. The molecule has 0 saturated heterocycles. The second-order valence-corrected chi connectivity index (χ2v) is 5.12. The van der Waals surface area contributed by atoms with Crippen molar-refractivity contribution in [3.05, 3.63) is 79.0 Å². The number of nitrogens with zero attached hydrogens (tertiary/aromatic N) is 2. The van der Waals surface area contributed by atoms with E-state index in [1.807, 2.05) is 72.8 Å². The van der Waals surface area contributed by atoms with Gasteiger partial charge in [0.25, 0.3) is 0 Å². The van der Waals surface area contributed by atoms with Crippen LogP contribution in [0.1, 0.15) is 0 Å². The molecule has 0 saturated carbocycles. The zero-order valence-corrected chi connectivity index (χ0v) is 11.8. The Hall–Kier alpha value is -3.07. The molecule has 2 aromatic heterocycles. The van der Waals surface area contributed by atoms with Gasteiger partial charge in [0.15, 0.2) is 5.75 Å². The van der Waals surface area contributed by atoms with E-state index in [1.165, 1.54) is 0 Å². The van der Waals surface area contributed by atoms with Crippen molar-refractivity contribution in [3.8, 4) is 28.1 Å². The Morgan fingerprint density at radius 2 is 1.36 bits per heavy atom. The molecule has 3 nitrogen and oxygen atoms in total. The quantitative estimate of drug-likeness (QED) is 0.594. The summed E-state index contributed by atoms with van der Waals surface area (Å²) in [6.45, 7) is 0. The summed E-state index contributed by atoms with van der Waals surface area (Å²) in [5.41, 5.74) is 4.42. The van der Waals surface area contributed by atoms with Crippen LogP contribution in [-0.2, 0) is 0 Å². The van der Waals surface area contributed by atoms with Gasteiger partial charge in [-0.2, -0.15) is 5.10 Å². The van der Waals surface area contributed by atoms with Crippen LogP contribution in [-0.4, -0.2) is 14.7 Å². The van der Waals surface area contributed by atoms with Crippen LogP contribution >= 0.6 is 0 Å². The molecule has 2 heterocycles. The van der Waals surface area contributed by atoms with Crippen molar-refractivity contribution >= 4 is 5.52 Å². The van der Waals surface area contributed by atoms with E-state index in [1.54, 1.807) is 10.7 Å².